The van der Waals surface area contributed by atoms with Gasteiger partial charge in [0.15, 0.2) is 0 Å². The third-order valence-corrected chi connectivity index (χ3v) is 4.31. The van der Waals surface area contributed by atoms with Gasteiger partial charge in [-0.3, -0.25) is 0 Å². The Hall–Kier alpha value is -1.66. The van der Waals surface area contributed by atoms with Crippen LogP contribution in [-0.2, 0) is 6.42 Å². The first-order valence-corrected chi connectivity index (χ1v) is 7.34. The molecule has 3 N–H and O–H groups in total. The van der Waals surface area contributed by atoms with E-state index in [1.165, 1.54) is 0 Å². The number of nitrogen functional groups attached to an aromatic ring is 1. The highest BCUT2D eigenvalue weighted by molar-refractivity contribution is 7.16. The smallest absolute Gasteiger partial charge is 0.106 e. The van der Waals surface area contributed by atoms with Crippen molar-refractivity contribution in [2.24, 2.45) is 0 Å². The molecule has 0 saturated heterocycles. The number of fused-ring (bicyclic) bond motifs is 1. The second kappa shape index (κ2) is 4.91. The molecular formula is C12H12N4S2. The summed E-state index contributed by atoms with van der Waals surface area (Å²) in [6.07, 6.45) is 2.74. The van der Waals surface area contributed by atoms with Crippen LogP contribution >= 0.6 is 22.7 Å². The van der Waals surface area contributed by atoms with Crippen LogP contribution in [-0.4, -0.2) is 16.5 Å². The van der Waals surface area contributed by atoms with Crippen molar-refractivity contribution in [2.45, 2.75) is 6.42 Å². The summed E-state index contributed by atoms with van der Waals surface area (Å²) in [5, 5.41) is 6.47. The molecule has 1 aromatic carbocycles. The second-order valence-corrected chi connectivity index (χ2v) is 5.69. The fraction of sp³-hybridized carbons (Fsp3) is 0.167. The summed E-state index contributed by atoms with van der Waals surface area (Å²) in [5.41, 5.74) is 10.5. The molecule has 92 valence electrons. The van der Waals surface area contributed by atoms with Gasteiger partial charge in [-0.2, -0.15) is 0 Å². The minimum atomic E-state index is 0.730. The highest BCUT2D eigenvalue weighted by Gasteiger charge is 2.06. The minimum Gasteiger partial charge on any atom is -0.395 e. The zero-order valence-corrected chi connectivity index (χ0v) is 11.2. The van der Waals surface area contributed by atoms with Crippen molar-refractivity contribution in [1.29, 1.82) is 0 Å². The van der Waals surface area contributed by atoms with Crippen molar-refractivity contribution < 1.29 is 0 Å². The molecule has 3 aromatic rings. The number of hydrogen-bond acceptors (Lipinski definition) is 6. The largest absolute Gasteiger partial charge is 0.395 e. The number of thiazole rings is 2. The first-order chi connectivity index (χ1) is 8.84. The number of rotatable bonds is 4. The maximum Gasteiger partial charge on any atom is 0.106 e. The lowest BCUT2D eigenvalue weighted by Gasteiger charge is -2.08. The Labute approximate surface area is 113 Å². The molecular weight excluding hydrogens is 264 g/mol. The fourth-order valence-corrected chi connectivity index (χ4v) is 3.10. The van der Waals surface area contributed by atoms with Crippen LogP contribution in [0.5, 0.6) is 0 Å². The van der Waals surface area contributed by atoms with Gasteiger partial charge in [0, 0.05) is 24.5 Å². The predicted octanol–water partition coefficient (Wildman–Crippen LogP) is 2.99. The molecule has 0 spiro atoms. The van der Waals surface area contributed by atoms with Crippen molar-refractivity contribution in [1.82, 2.24) is 9.97 Å². The molecule has 18 heavy (non-hydrogen) atoms. The van der Waals surface area contributed by atoms with E-state index in [1.54, 1.807) is 22.7 Å². The molecule has 0 unspecified atom stereocenters. The molecule has 0 atom stereocenters. The van der Waals surface area contributed by atoms with Crippen molar-refractivity contribution in [2.75, 3.05) is 17.6 Å². The molecule has 0 aliphatic carbocycles. The molecule has 0 aliphatic rings. The molecule has 3 rings (SSSR count). The van der Waals surface area contributed by atoms with Gasteiger partial charge in [-0.1, -0.05) is 0 Å². The number of hydrogen-bond donors (Lipinski definition) is 2. The number of nitrogens with zero attached hydrogens (tertiary/aromatic N) is 2. The first-order valence-electron chi connectivity index (χ1n) is 5.58. The van der Waals surface area contributed by atoms with Gasteiger partial charge >= 0.3 is 0 Å². The van der Waals surface area contributed by atoms with Gasteiger partial charge in [-0.25, -0.2) is 9.97 Å². The van der Waals surface area contributed by atoms with E-state index in [4.69, 9.17) is 5.73 Å². The van der Waals surface area contributed by atoms with Crippen molar-refractivity contribution in [3.05, 3.63) is 34.2 Å². The average molecular weight is 276 g/mol. The topological polar surface area (TPSA) is 63.8 Å². The summed E-state index contributed by atoms with van der Waals surface area (Å²) in [6.45, 7) is 0.827. The second-order valence-electron chi connectivity index (χ2n) is 3.83. The first kappa shape index (κ1) is 11.4. The Kier molecular flexibility index (Phi) is 3.12. The van der Waals surface area contributed by atoms with E-state index in [-0.39, 0.29) is 0 Å². The zero-order chi connectivity index (χ0) is 12.4. The van der Waals surface area contributed by atoms with Crippen LogP contribution in [0.15, 0.2) is 29.2 Å². The number of aromatic nitrogens is 2. The molecule has 0 aliphatic heterocycles. The lowest BCUT2D eigenvalue weighted by Crippen LogP contribution is -2.06. The lowest BCUT2D eigenvalue weighted by molar-refractivity contribution is 0.999. The van der Waals surface area contributed by atoms with E-state index < -0.39 is 0 Å². The Balaban J connectivity index is 1.72. The van der Waals surface area contributed by atoms with Crippen LogP contribution in [0.2, 0.25) is 0 Å². The Morgan fingerprint density at radius 3 is 3.00 bits per heavy atom. The van der Waals surface area contributed by atoms with E-state index in [2.05, 4.69) is 21.4 Å². The van der Waals surface area contributed by atoms with Gasteiger partial charge in [0.2, 0.25) is 0 Å². The molecule has 2 aromatic heterocycles. The van der Waals surface area contributed by atoms with Gasteiger partial charge in [0.25, 0.3) is 0 Å². The van der Waals surface area contributed by atoms with Crippen LogP contribution in [0.25, 0.3) is 10.2 Å². The molecule has 0 saturated carbocycles. The van der Waals surface area contributed by atoms with Gasteiger partial charge in [-0.05, 0) is 12.1 Å². The normalized spacial score (nSPS) is 10.9. The highest BCUT2D eigenvalue weighted by Crippen LogP contribution is 2.29. The van der Waals surface area contributed by atoms with Crippen LogP contribution in [0.1, 0.15) is 5.01 Å². The van der Waals surface area contributed by atoms with Gasteiger partial charge in [-0.15, -0.1) is 22.7 Å². The molecule has 2 heterocycles. The summed E-state index contributed by atoms with van der Waals surface area (Å²) < 4.78 is 1.12. The molecule has 0 radical (unpaired) electrons. The Bertz CT molecular complexity index is 645. The van der Waals surface area contributed by atoms with Gasteiger partial charge < -0.3 is 11.1 Å². The third kappa shape index (κ3) is 2.16. The standard InChI is InChI=1S/C12H12N4S2/c13-11-8(1-2-9-12(11)16-7-18-9)14-4-3-10-15-5-6-17-10/h1-2,5-7,14H,3-4,13H2. The molecule has 4 nitrogen and oxygen atoms in total. The van der Waals surface area contributed by atoms with Crippen molar-refractivity contribution in [3.63, 3.8) is 0 Å². The van der Waals surface area contributed by atoms with Crippen molar-refractivity contribution in [3.8, 4) is 0 Å². The monoisotopic (exact) mass is 276 g/mol. The molecule has 0 bridgehead atoms. The minimum absolute atomic E-state index is 0.730. The third-order valence-electron chi connectivity index (χ3n) is 2.68. The van der Waals surface area contributed by atoms with E-state index >= 15 is 0 Å². The van der Waals surface area contributed by atoms with Gasteiger partial charge in [0.05, 0.1) is 26.6 Å². The van der Waals surface area contributed by atoms with Crippen LogP contribution in [0, 0.1) is 0 Å². The number of nitrogens with two attached hydrogens (primary N) is 1. The number of benzene rings is 1. The summed E-state index contributed by atoms with van der Waals surface area (Å²) in [4.78, 5) is 8.53. The van der Waals surface area contributed by atoms with Crippen LogP contribution in [0.3, 0.4) is 0 Å². The molecule has 0 fully saturated rings. The summed E-state index contributed by atoms with van der Waals surface area (Å²) >= 11 is 3.28. The molecule has 6 heteroatoms. The maximum absolute atomic E-state index is 6.09. The lowest BCUT2D eigenvalue weighted by atomic mass is 10.2. The van der Waals surface area contributed by atoms with Crippen LogP contribution in [0.4, 0.5) is 11.4 Å². The predicted molar refractivity (Wildman–Crippen MR) is 78.3 cm³/mol. The average Bonchev–Trinajstić information content (AvgIpc) is 3.02. The number of anilines is 2. The summed E-state index contributed by atoms with van der Waals surface area (Å²) in [7, 11) is 0. The summed E-state index contributed by atoms with van der Waals surface area (Å²) in [6, 6.07) is 4.06. The zero-order valence-electron chi connectivity index (χ0n) is 9.59. The maximum atomic E-state index is 6.09. The Morgan fingerprint density at radius 2 is 2.17 bits per heavy atom. The van der Waals surface area contributed by atoms with E-state index in [0.29, 0.717) is 0 Å². The number of nitrogens with one attached hydrogen (secondary N) is 1. The highest BCUT2D eigenvalue weighted by atomic mass is 32.1. The van der Waals surface area contributed by atoms with E-state index in [1.807, 2.05) is 23.2 Å². The SMILES string of the molecule is Nc1c(NCCc2nccs2)ccc2scnc12. The quantitative estimate of drug-likeness (QED) is 0.719. The Morgan fingerprint density at radius 1 is 1.22 bits per heavy atom. The molecule has 0 amide bonds. The van der Waals surface area contributed by atoms with Crippen LogP contribution < -0.4 is 11.1 Å². The van der Waals surface area contributed by atoms with Crippen molar-refractivity contribution >= 4 is 44.3 Å². The summed E-state index contributed by atoms with van der Waals surface area (Å²) in [5.74, 6) is 0. The van der Waals surface area contributed by atoms with E-state index in [0.717, 1.165) is 39.6 Å². The van der Waals surface area contributed by atoms with Gasteiger partial charge in [0.1, 0.15) is 5.52 Å². The fourth-order valence-electron chi connectivity index (χ4n) is 1.79. The van der Waals surface area contributed by atoms with E-state index in [9.17, 15) is 0 Å².